The summed E-state index contributed by atoms with van der Waals surface area (Å²) in [6, 6.07) is 15.7. The highest BCUT2D eigenvalue weighted by molar-refractivity contribution is 6.51. The van der Waals surface area contributed by atoms with E-state index in [9.17, 15) is 35.9 Å². The lowest BCUT2D eigenvalue weighted by Gasteiger charge is -2.22. The van der Waals surface area contributed by atoms with Crippen molar-refractivity contribution in [3.05, 3.63) is 115 Å². The maximum atomic E-state index is 13.5. The Labute approximate surface area is 406 Å². The van der Waals surface area contributed by atoms with Crippen molar-refractivity contribution in [1.29, 1.82) is 0 Å². The van der Waals surface area contributed by atoms with Crippen molar-refractivity contribution in [2.24, 2.45) is 10.5 Å². The summed E-state index contributed by atoms with van der Waals surface area (Å²) < 4.78 is 113. The molecule has 6 rings (SSSR count). The summed E-state index contributed by atoms with van der Waals surface area (Å²) in [6.45, 7) is 7.58. The van der Waals surface area contributed by atoms with Gasteiger partial charge in [0.15, 0.2) is 22.6 Å². The molecule has 20 heteroatoms. The number of amides is 1. The maximum Gasteiger partial charge on any atom is 0.437 e. The number of halogens is 8. The SMILES string of the molecule is C.CCCc1cc2c(C(F)(F)F)noc2c(CCC)c1OC(C(=O)OC)c1ccc(Cl)cc1.CCCc1cc2c(C(F)(F)F)noc2c(CCC)c1OC(C(N)=O)c1ccc(Cl)cc1.[CH3][Al]([CH3])[NH2]. The summed E-state index contributed by atoms with van der Waals surface area (Å²) in [5, 5.41) is 7.29. The van der Waals surface area contributed by atoms with Crippen LogP contribution in [0.2, 0.25) is 21.6 Å². The summed E-state index contributed by atoms with van der Waals surface area (Å²) in [4.78, 5) is 24.8. The monoisotopic (exact) mass is 1010 g/mol. The molecule has 0 radical (unpaired) electrons. The van der Waals surface area contributed by atoms with Gasteiger partial charge < -0.3 is 33.7 Å². The van der Waals surface area contributed by atoms with Gasteiger partial charge in [0, 0.05) is 32.3 Å². The minimum Gasteiger partial charge on any atom is -0.475 e. The van der Waals surface area contributed by atoms with E-state index in [0.717, 1.165) is 0 Å². The first-order valence-electron chi connectivity index (χ1n) is 21.6. The third-order valence-corrected chi connectivity index (χ3v) is 10.3. The molecule has 0 aliphatic carbocycles. The van der Waals surface area contributed by atoms with Crippen LogP contribution in [0.1, 0.15) is 118 Å². The normalized spacial score (nSPS) is 12.2. The van der Waals surface area contributed by atoms with Crippen LogP contribution < -0.4 is 19.9 Å². The minimum absolute atomic E-state index is 0. The number of carbonyl (C=O) groups excluding carboxylic acids is 2. The molecule has 68 heavy (non-hydrogen) atoms. The predicted molar refractivity (Wildman–Crippen MR) is 253 cm³/mol. The van der Waals surface area contributed by atoms with E-state index < -0.39 is 62.2 Å². The average Bonchev–Trinajstić information content (AvgIpc) is 3.90. The molecule has 0 bridgehead atoms. The van der Waals surface area contributed by atoms with Crippen molar-refractivity contribution >= 4 is 71.4 Å². The van der Waals surface area contributed by atoms with Gasteiger partial charge in [-0.25, -0.2) is 4.79 Å². The first-order chi connectivity index (χ1) is 31.6. The average molecular weight is 1010 g/mol. The molecule has 11 nitrogen and oxygen atoms in total. The molecule has 370 valence electrons. The van der Waals surface area contributed by atoms with Gasteiger partial charge in [-0.3, -0.25) is 4.79 Å². The third kappa shape index (κ3) is 14.5. The Bertz CT molecular complexity index is 2580. The molecule has 0 aliphatic rings. The van der Waals surface area contributed by atoms with Gasteiger partial charge in [-0.15, -0.1) is 0 Å². The van der Waals surface area contributed by atoms with E-state index >= 15 is 0 Å². The minimum atomic E-state index is -4.65. The van der Waals surface area contributed by atoms with Crippen molar-refractivity contribution in [1.82, 2.24) is 10.3 Å². The number of aryl methyl sites for hydroxylation is 4. The number of carbonyl (C=O) groups is 2. The molecule has 2 heterocycles. The van der Waals surface area contributed by atoms with E-state index in [4.69, 9.17) is 56.9 Å². The summed E-state index contributed by atoms with van der Waals surface area (Å²) in [6.07, 6.45) is -7.40. The number of rotatable bonds is 16. The number of primary amides is 1. The lowest BCUT2D eigenvalue weighted by molar-refractivity contribution is -0.149. The van der Waals surface area contributed by atoms with Crippen LogP contribution in [-0.2, 0) is 52.4 Å². The number of nitrogens with zero attached hydrogens (tertiary/aromatic N) is 2. The summed E-state index contributed by atoms with van der Waals surface area (Å²) in [7, 11) is 1.24. The molecule has 0 fully saturated rings. The molecule has 4 aromatic carbocycles. The molecular weight excluding hydrogens is 956 g/mol. The van der Waals surface area contributed by atoms with Crippen LogP contribution in [0.15, 0.2) is 69.7 Å². The van der Waals surface area contributed by atoms with Gasteiger partial charge in [0.25, 0.3) is 5.91 Å². The fourth-order valence-electron chi connectivity index (χ4n) is 7.10. The Morgan fingerprint density at radius 2 is 1.00 bits per heavy atom. The zero-order valence-corrected chi connectivity index (χ0v) is 40.8. The van der Waals surface area contributed by atoms with Gasteiger partial charge >= 0.3 is 32.7 Å². The standard InChI is InChI=1S/C23H23ClF3NO4.C22H22ClF3N2O3.CH4.2CH3.Al.H2N/c1-4-6-14-12-17-20(32-28-21(17)23(25,26)27)16(7-5-2)18(14)31-19(22(29)30-3)13-8-10-15(24)11-9-13;1-3-5-13-11-16-19(31-28-20(16)22(24,25)26)15(6-4-2)17(13)30-18(21(27)29)12-7-9-14(23)10-8-12;;;;;/h8-12,19H,4-7H2,1-3H3;7-11,18H,3-6H2,1-2H3,(H2,27,29);1H4;2*1H3;;1H2/q;;;;;+1;-1. The van der Waals surface area contributed by atoms with Crippen LogP contribution in [0.4, 0.5) is 26.3 Å². The predicted octanol–water partition coefficient (Wildman–Crippen LogP) is 13.5. The zero-order chi connectivity index (χ0) is 49.8. The van der Waals surface area contributed by atoms with Crippen LogP contribution in [-0.4, -0.2) is 43.7 Å². The van der Waals surface area contributed by atoms with Crippen LogP contribution in [0.25, 0.3) is 21.9 Å². The van der Waals surface area contributed by atoms with E-state index in [-0.39, 0.29) is 29.4 Å². The fraction of sp³-hybridized carbons (Fsp3) is 0.417. The van der Waals surface area contributed by atoms with Gasteiger partial charge in [-0.05, 0) is 73.2 Å². The Hall–Kier alpha value is -4.99. The van der Waals surface area contributed by atoms with Crippen molar-refractivity contribution in [2.45, 2.75) is 123 Å². The maximum absolute atomic E-state index is 13.5. The van der Waals surface area contributed by atoms with Crippen LogP contribution in [0.3, 0.4) is 0 Å². The van der Waals surface area contributed by atoms with Crippen molar-refractivity contribution in [2.75, 3.05) is 7.11 Å². The highest BCUT2D eigenvalue weighted by Gasteiger charge is 2.40. The molecule has 1 amide bonds. The number of ether oxygens (including phenoxy) is 3. The van der Waals surface area contributed by atoms with Gasteiger partial charge in [0.2, 0.25) is 12.2 Å². The number of hydrogen-bond acceptors (Lipinski definition) is 10. The second-order valence-corrected chi connectivity index (χ2v) is 19.1. The number of esters is 1. The Balaban J connectivity index is 0.000000330. The highest BCUT2D eigenvalue weighted by atomic mass is 35.5. The zero-order valence-electron chi connectivity index (χ0n) is 38.1. The van der Waals surface area contributed by atoms with E-state index in [1.807, 2.05) is 27.7 Å². The van der Waals surface area contributed by atoms with E-state index in [1.165, 1.54) is 19.2 Å². The van der Waals surface area contributed by atoms with Crippen LogP contribution >= 0.6 is 23.2 Å². The molecule has 0 saturated carbocycles. The fourth-order valence-corrected chi connectivity index (χ4v) is 7.35. The van der Waals surface area contributed by atoms with Gasteiger partial charge in [-0.2, -0.15) is 26.3 Å². The largest absolute Gasteiger partial charge is 0.475 e. The lowest BCUT2D eigenvalue weighted by atomic mass is 9.97. The van der Waals surface area contributed by atoms with E-state index in [0.29, 0.717) is 106 Å². The van der Waals surface area contributed by atoms with Crippen molar-refractivity contribution < 1.29 is 59.2 Å². The molecule has 0 saturated heterocycles. The van der Waals surface area contributed by atoms with Gasteiger partial charge in [0.1, 0.15) is 11.5 Å². The Morgan fingerprint density at radius 1 is 0.662 bits per heavy atom. The molecule has 0 aliphatic heterocycles. The molecule has 2 atom stereocenters. The molecule has 0 spiro atoms. The lowest BCUT2D eigenvalue weighted by Crippen LogP contribution is -2.26. The molecule has 2 unspecified atom stereocenters. The topological polar surface area (TPSA) is 166 Å². The Kier molecular flexibility index (Phi) is 21.6. The third-order valence-electron chi connectivity index (χ3n) is 9.84. The Morgan fingerprint density at radius 3 is 1.31 bits per heavy atom. The summed E-state index contributed by atoms with van der Waals surface area (Å²) >= 11 is 11.2. The number of methoxy groups -OCH3 is 1. The second-order valence-electron chi connectivity index (χ2n) is 15.8. The summed E-state index contributed by atoms with van der Waals surface area (Å²) in [5.41, 5.74) is 6.40. The van der Waals surface area contributed by atoms with Gasteiger partial charge in [0.05, 0.1) is 17.9 Å². The number of aromatic nitrogens is 2. The van der Waals surface area contributed by atoms with Crippen LogP contribution in [0, 0.1) is 0 Å². The number of hydrogen-bond donors (Lipinski definition) is 2. The molecular formula is C48H57AlCl2F6N4O7. The highest BCUT2D eigenvalue weighted by Crippen LogP contribution is 2.44. The first kappa shape index (κ1) is 57.3. The van der Waals surface area contributed by atoms with Gasteiger partial charge in [-0.1, -0.05) is 130 Å². The molecule has 4 N–H and O–H groups in total. The van der Waals surface area contributed by atoms with Crippen molar-refractivity contribution in [3.8, 4) is 11.5 Å². The first-order valence-corrected chi connectivity index (χ1v) is 25.3. The number of alkyl halides is 6. The van der Waals surface area contributed by atoms with E-state index in [1.54, 1.807) is 48.5 Å². The quantitative estimate of drug-likeness (QED) is 0.0541. The van der Waals surface area contributed by atoms with E-state index in [2.05, 4.69) is 21.9 Å². The number of benzene rings is 4. The molecule has 2 aromatic heterocycles. The second kappa shape index (κ2) is 25.6. The smallest absolute Gasteiger partial charge is 0.437 e. The van der Waals surface area contributed by atoms with Crippen LogP contribution in [0.5, 0.6) is 11.5 Å². The van der Waals surface area contributed by atoms with Crippen molar-refractivity contribution in [3.63, 3.8) is 0 Å². The number of fused-ring (bicyclic) bond motifs is 2. The summed E-state index contributed by atoms with van der Waals surface area (Å²) in [5.74, 6) is 3.41. The number of nitrogens with two attached hydrogens (primary N) is 2. The molecule has 6 aromatic rings.